The summed E-state index contributed by atoms with van der Waals surface area (Å²) in [5.41, 5.74) is 0. The molecule has 0 bridgehead atoms. The van der Waals surface area contributed by atoms with Gasteiger partial charge in [-0.1, -0.05) is 6.92 Å². The van der Waals surface area contributed by atoms with Gasteiger partial charge in [0.25, 0.3) is 0 Å². The number of nitrogens with one attached hydrogen (secondary N) is 1. The highest BCUT2D eigenvalue weighted by Crippen LogP contribution is 2.24. The Kier molecular flexibility index (Phi) is 2.86. The van der Waals surface area contributed by atoms with Gasteiger partial charge >= 0.3 is 0 Å². The van der Waals surface area contributed by atoms with E-state index in [4.69, 9.17) is 0 Å². The van der Waals surface area contributed by atoms with Crippen LogP contribution in [0.1, 0.15) is 19.8 Å². The number of rotatable bonds is 1. The van der Waals surface area contributed by atoms with E-state index < -0.39 is 0 Å². The van der Waals surface area contributed by atoms with Crippen molar-refractivity contribution >= 4 is 11.8 Å². The average Bonchev–Trinajstić information content (AvgIpc) is 1.88. The Bertz CT molecular complexity index is 85.0. The maximum absolute atomic E-state index is 3.32. The van der Waals surface area contributed by atoms with Gasteiger partial charge in [-0.3, -0.25) is 0 Å². The van der Waals surface area contributed by atoms with Crippen LogP contribution in [-0.2, 0) is 0 Å². The predicted octanol–water partition coefficient (Wildman–Crippen LogP) is 1.49. The molecule has 0 amide bonds. The molecule has 0 aliphatic carbocycles. The summed E-state index contributed by atoms with van der Waals surface area (Å²) in [4.78, 5) is 0. The van der Waals surface area contributed by atoms with E-state index in [1.165, 1.54) is 18.6 Å². The van der Waals surface area contributed by atoms with Crippen LogP contribution in [0.5, 0.6) is 0 Å². The van der Waals surface area contributed by atoms with Crippen LogP contribution in [0.3, 0.4) is 0 Å². The Balaban J connectivity index is 2.23. The monoisotopic (exact) mass is 145 g/mol. The quantitative estimate of drug-likeness (QED) is 0.600. The fourth-order valence-corrected chi connectivity index (χ4v) is 2.45. The van der Waals surface area contributed by atoms with Crippen LogP contribution in [0, 0.1) is 0 Å². The fourth-order valence-electron chi connectivity index (χ4n) is 1.26. The van der Waals surface area contributed by atoms with E-state index in [2.05, 4.69) is 31.1 Å². The van der Waals surface area contributed by atoms with Crippen LogP contribution in [0.2, 0.25) is 0 Å². The molecule has 0 spiro atoms. The van der Waals surface area contributed by atoms with Gasteiger partial charge in [-0.15, -0.1) is 0 Å². The second-order valence-corrected chi connectivity index (χ2v) is 4.24. The van der Waals surface area contributed by atoms with E-state index in [0.29, 0.717) is 0 Å². The minimum absolute atomic E-state index is 0.793. The maximum Gasteiger partial charge on any atom is 0.00823 e. The van der Waals surface area contributed by atoms with Gasteiger partial charge in [0.15, 0.2) is 0 Å². The van der Waals surface area contributed by atoms with Gasteiger partial charge in [-0.05, 0) is 25.6 Å². The van der Waals surface area contributed by atoms with Crippen molar-refractivity contribution in [3.8, 4) is 0 Å². The molecule has 0 saturated carbocycles. The molecule has 0 aromatic heterocycles. The van der Waals surface area contributed by atoms with E-state index in [1.54, 1.807) is 0 Å². The van der Waals surface area contributed by atoms with Crippen LogP contribution in [0.25, 0.3) is 0 Å². The molecule has 1 heterocycles. The van der Waals surface area contributed by atoms with Gasteiger partial charge < -0.3 is 5.32 Å². The molecule has 0 aromatic rings. The second kappa shape index (κ2) is 3.47. The zero-order chi connectivity index (χ0) is 6.69. The first kappa shape index (κ1) is 7.42. The van der Waals surface area contributed by atoms with Crippen molar-refractivity contribution in [1.82, 2.24) is 5.32 Å². The SMILES string of the molecule is CNC1CCSC(C)C1. The summed E-state index contributed by atoms with van der Waals surface area (Å²) < 4.78 is 0. The molecule has 1 fully saturated rings. The molecular weight excluding hydrogens is 130 g/mol. The highest BCUT2D eigenvalue weighted by molar-refractivity contribution is 7.99. The normalized spacial score (nSPS) is 36.7. The van der Waals surface area contributed by atoms with E-state index in [9.17, 15) is 0 Å². The molecule has 9 heavy (non-hydrogen) atoms. The third kappa shape index (κ3) is 2.18. The molecule has 54 valence electrons. The largest absolute Gasteiger partial charge is 0.317 e. The first-order valence-corrected chi connectivity index (χ1v) is 4.66. The van der Waals surface area contributed by atoms with Crippen LogP contribution in [-0.4, -0.2) is 24.1 Å². The molecule has 2 atom stereocenters. The lowest BCUT2D eigenvalue weighted by atomic mass is 10.1. The Labute approximate surface area is 61.6 Å². The molecule has 1 aliphatic rings. The maximum atomic E-state index is 3.32. The van der Waals surface area contributed by atoms with E-state index >= 15 is 0 Å². The first-order chi connectivity index (χ1) is 4.33. The lowest BCUT2D eigenvalue weighted by Gasteiger charge is -2.25. The smallest absolute Gasteiger partial charge is 0.00823 e. The molecular formula is C7H15NS. The van der Waals surface area contributed by atoms with Crippen molar-refractivity contribution in [3.05, 3.63) is 0 Å². The van der Waals surface area contributed by atoms with Crippen LogP contribution < -0.4 is 5.32 Å². The molecule has 1 rings (SSSR count). The highest BCUT2D eigenvalue weighted by Gasteiger charge is 2.16. The Morgan fingerprint density at radius 1 is 1.56 bits per heavy atom. The average molecular weight is 145 g/mol. The van der Waals surface area contributed by atoms with Gasteiger partial charge in [0.1, 0.15) is 0 Å². The van der Waals surface area contributed by atoms with E-state index in [1.807, 2.05) is 0 Å². The second-order valence-electron chi connectivity index (χ2n) is 2.69. The van der Waals surface area contributed by atoms with Gasteiger partial charge in [-0.2, -0.15) is 11.8 Å². The Morgan fingerprint density at radius 2 is 2.33 bits per heavy atom. The lowest BCUT2D eigenvalue weighted by Crippen LogP contribution is -2.31. The highest BCUT2D eigenvalue weighted by atomic mass is 32.2. The molecule has 1 saturated heterocycles. The van der Waals surface area contributed by atoms with Crippen molar-refractivity contribution < 1.29 is 0 Å². The minimum Gasteiger partial charge on any atom is -0.317 e. The Hall–Kier alpha value is 0.310. The lowest BCUT2D eigenvalue weighted by molar-refractivity contribution is 0.498. The van der Waals surface area contributed by atoms with Crippen molar-refractivity contribution in [2.24, 2.45) is 0 Å². The summed E-state index contributed by atoms with van der Waals surface area (Å²) in [6.45, 7) is 2.31. The number of thioether (sulfide) groups is 1. The minimum atomic E-state index is 0.793. The Morgan fingerprint density at radius 3 is 2.78 bits per heavy atom. The molecule has 2 unspecified atom stereocenters. The topological polar surface area (TPSA) is 12.0 Å². The number of hydrogen-bond acceptors (Lipinski definition) is 2. The van der Waals surface area contributed by atoms with E-state index in [-0.39, 0.29) is 0 Å². The zero-order valence-corrected chi connectivity index (χ0v) is 7.00. The van der Waals surface area contributed by atoms with Crippen molar-refractivity contribution in [2.45, 2.75) is 31.1 Å². The number of hydrogen-bond donors (Lipinski definition) is 1. The molecule has 0 radical (unpaired) electrons. The van der Waals surface area contributed by atoms with Crippen molar-refractivity contribution in [3.63, 3.8) is 0 Å². The summed E-state index contributed by atoms with van der Waals surface area (Å²) in [5.74, 6) is 1.34. The van der Waals surface area contributed by atoms with Crippen molar-refractivity contribution in [1.29, 1.82) is 0 Å². The van der Waals surface area contributed by atoms with Gasteiger partial charge in [0.2, 0.25) is 0 Å². The third-order valence-corrected chi connectivity index (χ3v) is 3.13. The summed E-state index contributed by atoms with van der Waals surface area (Å²) in [6, 6.07) is 0.793. The molecule has 0 aromatic carbocycles. The van der Waals surface area contributed by atoms with Crippen LogP contribution in [0.4, 0.5) is 0 Å². The summed E-state index contributed by atoms with van der Waals surface area (Å²) in [6.07, 6.45) is 2.70. The molecule has 2 heteroatoms. The third-order valence-electron chi connectivity index (χ3n) is 1.89. The van der Waals surface area contributed by atoms with Crippen LogP contribution >= 0.6 is 11.8 Å². The van der Waals surface area contributed by atoms with Crippen molar-refractivity contribution in [2.75, 3.05) is 12.8 Å². The molecule has 1 N–H and O–H groups in total. The molecule has 1 nitrogen and oxygen atoms in total. The standard InChI is InChI=1S/C7H15NS/c1-6-5-7(8-2)3-4-9-6/h6-8H,3-5H2,1-2H3. The first-order valence-electron chi connectivity index (χ1n) is 3.62. The summed E-state index contributed by atoms with van der Waals surface area (Å²) in [7, 11) is 2.06. The predicted molar refractivity (Wildman–Crippen MR) is 44.0 cm³/mol. The van der Waals surface area contributed by atoms with Gasteiger partial charge in [0, 0.05) is 11.3 Å². The van der Waals surface area contributed by atoms with Gasteiger partial charge in [-0.25, -0.2) is 0 Å². The zero-order valence-electron chi connectivity index (χ0n) is 6.18. The summed E-state index contributed by atoms with van der Waals surface area (Å²) >= 11 is 2.10. The van der Waals surface area contributed by atoms with Gasteiger partial charge in [0.05, 0.1) is 0 Å². The molecule has 1 aliphatic heterocycles. The van der Waals surface area contributed by atoms with Crippen LogP contribution in [0.15, 0.2) is 0 Å². The fraction of sp³-hybridized carbons (Fsp3) is 1.00. The van der Waals surface area contributed by atoms with E-state index in [0.717, 1.165) is 11.3 Å². The summed E-state index contributed by atoms with van der Waals surface area (Å²) in [5, 5.41) is 4.19.